The number of aromatic nitrogens is 1. The second kappa shape index (κ2) is 11.6. The Labute approximate surface area is 211 Å². The number of nitrogens with one attached hydrogen (secondary N) is 3. The van der Waals surface area contributed by atoms with E-state index in [2.05, 4.69) is 20.9 Å². The molecule has 0 aliphatic carbocycles. The minimum absolute atomic E-state index is 0.127. The van der Waals surface area contributed by atoms with Crippen molar-refractivity contribution < 1.29 is 9.53 Å². The fraction of sp³-hybridized carbons (Fsp3) is 0.0800. The van der Waals surface area contributed by atoms with Gasteiger partial charge >= 0.3 is 0 Å². The van der Waals surface area contributed by atoms with Gasteiger partial charge in [0.1, 0.15) is 11.0 Å². The van der Waals surface area contributed by atoms with E-state index in [0.717, 1.165) is 21.8 Å². The van der Waals surface area contributed by atoms with E-state index in [1.807, 2.05) is 84.2 Å². The lowest BCUT2D eigenvalue weighted by atomic mass is 10.1. The summed E-state index contributed by atoms with van der Waals surface area (Å²) in [5, 5.41) is 11.7. The number of hydrogen-bond acceptors (Lipinski definition) is 6. The number of rotatable bonds is 8. The highest BCUT2D eigenvalue weighted by Crippen LogP contribution is 2.37. The molecule has 4 aromatic rings. The smallest absolute Gasteiger partial charge is 0.244 e. The van der Waals surface area contributed by atoms with Crippen LogP contribution >= 0.6 is 35.3 Å². The zero-order valence-corrected chi connectivity index (χ0v) is 20.7. The molecule has 1 atom stereocenters. The summed E-state index contributed by atoms with van der Waals surface area (Å²) in [7, 11) is 1.62. The zero-order valence-electron chi connectivity index (χ0n) is 18.2. The van der Waals surface area contributed by atoms with Crippen molar-refractivity contribution in [3.63, 3.8) is 0 Å². The third-order valence-corrected chi connectivity index (χ3v) is 6.84. The molecule has 1 heterocycles. The fourth-order valence-electron chi connectivity index (χ4n) is 3.17. The Balaban J connectivity index is 1.48. The summed E-state index contributed by atoms with van der Waals surface area (Å²) in [5.41, 5.74) is 2.49. The van der Waals surface area contributed by atoms with Gasteiger partial charge in [-0.05, 0) is 48.1 Å². The lowest BCUT2D eigenvalue weighted by molar-refractivity contribution is -0.115. The summed E-state index contributed by atoms with van der Waals surface area (Å²) < 4.78 is 5.37. The molecule has 0 saturated carbocycles. The predicted molar refractivity (Wildman–Crippen MR) is 145 cm³/mol. The van der Waals surface area contributed by atoms with E-state index in [4.69, 9.17) is 17.0 Å². The maximum Gasteiger partial charge on any atom is 0.244 e. The lowest BCUT2D eigenvalue weighted by Crippen LogP contribution is -2.20. The second-order valence-corrected chi connectivity index (χ2v) is 9.52. The average Bonchev–Trinajstić information content (AvgIpc) is 3.36. The van der Waals surface area contributed by atoms with Crippen LogP contribution in [0.3, 0.4) is 0 Å². The number of carbonyl (C=O) groups is 1. The molecule has 4 rings (SSSR count). The predicted octanol–water partition coefficient (Wildman–Crippen LogP) is 6.43. The molecular weight excluding hydrogens is 485 g/mol. The third kappa shape index (κ3) is 6.34. The van der Waals surface area contributed by atoms with Crippen molar-refractivity contribution in [2.24, 2.45) is 0 Å². The first-order valence-corrected chi connectivity index (χ1v) is 12.5. The second-order valence-electron chi connectivity index (χ2n) is 7.04. The van der Waals surface area contributed by atoms with Crippen molar-refractivity contribution in [2.75, 3.05) is 23.1 Å². The van der Waals surface area contributed by atoms with Gasteiger partial charge in [0.15, 0.2) is 10.2 Å². The molecule has 0 spiro atoms. The van der Waals surface area contributed by atoms with Gasteiger partial charge in [-0.1, -0.05) is 48.5 Å². The molecule has 0 aliphatic heterocycles. The highest BCUT2D eigenvalue weighted by atomic mass is 32.2. The van der Waals surface area contributed by atoms with Crippen molar-refractivity contribution in [3.05, 3.63) is 96.0 Å². The van der Waals surface area contributed by atoms with Crippen LogP contribution < -0.4 is 20.7 Å². The number of methoxy groups -OCH3 is 1. The SMILES string of the molecule is COc1ccccc1NC(=S)Nc1cccc(SC(C(=O)Nc2nccs2)c2ccccc2)c1. The maximum atomic E-state index is 13.1. The van der Waals surface area contributed by atoms with E-state index in [0.29, 0.717) is 16.0 Å². The summed E-state index contributed by atoms with van der Waals surface area (Å²) >= 11 is 8.34. The van der Waals surface area contributed by atoms with Crippen LogP contribution in [-0.2, 0) is 4.79 Å². The van der Waals surface area contributed by atoms with Gasteiger partial charge in [0.05, 0.1) is 12.8 Å². The molecule has 0 radical (unpaired) electrons. The summed E-state index contributed by atoms with van der Waals surface area (Å²) in [6.45, 7) is 0. The van der Waals surface area contributed by atoms with E-state index in [9.17, 15) is 4.79 Å². The first-order valence-electron chi connectivity index (χ1n) is 10.4. The Morgan fingerprint density at radius 2 is 1.79 bits per heavy atom. The van der Waals surface area contributed by atoms with Crippen LogP contribution in [0, 0.1) is 0 Å². The Bertz CT molecular complexity index is 1250. The molecule has 34 heavy (non-hydrogen) atoms. The Hall–Kier alpha value is -3.40. The van der Waals surface area contributed by atoms with Crippen LogP contribution in [0.5, 0.6) is 5.75 Å². The quantitative estimate of drug-likeness (QED) is 0.188. The van der Waals surface area contributed by atoms with Crippen molar-refractivity contribution in [3.8, 4) is 5.75 Å². The van der Waals surface area contributed by atoms with Crippen LogP contribution in [0.25, 0.3) is 0 Å². The molecule has 1 aromatic heterocycles. The highest BCUT2D eigenvalue weighted by molar-refractivity contribution is 8.00. The first-order chi connectivity index (χ1) is 16.6. The molecule has 0 saturated heterocycles. The fourth-order valence-corrected chi connectivity index (χ4v) is 5.02. The number of anilines is 3. The van der Waals surface area contributed by atoms with Crippen LogP contribution in [0.4, 0.5) is 16.5 Å². The maximum absolute atomic E-state index is 13.1. The van der Waals surface area contributed by atoms with Crippen LogP contribution in [0.15, 0.2) is 95.3 Å². The molecule has 172 valence electrons. The topological polar surface area (TPSA) is 75.3 Å². The monoisotopic (exact) mass is 506 g/mol. The number of para-hydroxylation sites is 2. The average molecular weight is 507 g/mol. The van der Waals surface area contributed by atoms with Crippen molar-refractivity contribution in [1.29, 1.82) is 0 Å². The summed E-state index contributed by atoms with van der Waals surface area (Å²) in [4.78, 5) is 18.2. The van der Waals surface area contributed by atoms with Gasteiger partial charge in [-0.2, -0.15) is 0 Å². The summed E-state index contributed by atoms with van der Waals surface area (Å²) in [6, 6.07) is 25.1. The number of benzene rings is 3. The van der Waals surface area contributed by atoms with Gasteiger partial charge in [0, 0.05) is 22.2 Å². The standard InChI is InChI=1S/C25H22N4O2S3/c1-31-21-13-6-5-12-20(21)28-24(32)27-18-10-7-11-19(16-18)34-22(17-8-3-2-4-9-17)23(30)29-25-26-14-15-33-25/h2-16,22H,1H3,(H,26,29,30)(H2,27,28,32). The number of thiazole rings is 1. The van der Waals surface area contributed by atoms with Gasteiger partial charge in [-0.15, -0.1) is 23.1 Å². The van der Waals surface area contributed by atoms with E-state index in [1.165, 1.54) is 23.1 Å². The molecule has 6 nitrogen and oxygen atoms in total. The molecule has 3 aromatic carbocycles. The highest BCUT2D eigenvalue weighted by Gasteiger charge is 2.23. The minimum atomic E-state index is -0.445. The van der Waals surface area contributed by atoms with Crippen molar-refractivity contribution in [1.82, 2.24) is 4.98 Å². The molecule has 1 amide bonds. The number of hydrogen-bond donors (Lipinski definition) is 3. The minimum Gasteiger partial charge on any atom is -0.495 e. The molecule has 9 heteroatoms. The Morgan fingerprint density at radius 3 is 2.56 bits per heavy atom. The van der Waals surface area contributed by atoms with Gasteiger partial charge in [0.2, 0.25) is 5.91 Å². The van der Waals surface area contributed by atoms with Gasteiger partial charge in [-0.25, -0.2) is 4.98 Å². The van der Waals surface area contributed by atoms with Crippen LogP contribution in [0.2, 0.25) is 0 Å². The van der Waals surface area contributed by atoms with Crippen molar-refractivity contribution >= 4 is 62.8 Å². The molecule has 0 bridgehead atoms. The molecule has 0 aliphatic rings. The third-order valence-electron chi connectivity index (χ3n) is 4.70. The number of thiocarbonyl (C=S) groups is 1. The van der Waals surface area contributed by atoms with E-state index < -0.39 is 5.25 Å². The van der Waals surface area contributed by atoms with E-state index in [-0.39, 0.29) is 5.91 Å². The summed E-state index contributed by atoms with van der Waals surface area (Å²) in [6.07, 6.45) is 1.67. The zero-order chi connectivity index (χ0) is 23.8. The lowest BCUT2D eigenvalue weighted by Gasteiger charge is -2.17. The molecule has 1 unspecified atom stereocenters. The van der Waals surface area contributed by atoms with Crippen LogP contribution in [-0.4, -0.2) is 23.1 Å². The normalized spacial score (nSPS) is 11.3. The van der Waals surface area contributed by atoms with E-state index in [1.54, 1.807) is 13.3 Å². The van der Waals surface area contributed by atoms with Gasteiger partial charge < -0.3 is 20.7 Å². The Kier molecular flexibility index (Phi) is 8.13. The number of ether oxygens (including phenoxy) is 1. The number of thioether (sulfide) groups is 1. The number of amides is 1. The van der Waals surface area contributed by atoms with Gasteiger partial charge in [-0.3, -0.25) is 4.79 Å². The molecular formula is C25H22N4O2S3. The van der Waals surface area contributed by atoms with Gasteiger partial charge in [0.25, 0.3) is 0 Å². The molecule has 3 N–H and O–H groups in total. The molecule has 0 fully saturated rings. The van der Waals surface area contributed by atoms with Crippen molar-refractivity contribution in [2.45, 2.75) is 10.1 Å². The van der Waals surface area contributed by atoms with Crippen LogP contribution in [0.1, 0.15) is 10.8 Å². The number of nitrogens with zero attached hydrogens (tertiary/aromatic N) is 1. The van der Waals surface area contributed by atoms with E-state index >= 15 is 0 Å². The largest absolute Gasteiger partial charge is 0.495 e. The number of carbonyl (C=O) groups excluding carboxylic acids is 1. The Morgan fingerprint density at radius 1 is 1.00 bits per heavy atom. The first kappa shape index (κ1) is 23.7. The summed E-state index contributed by atoms with van der Waals surface area (Å²) in [5.74, 6) is 0.575.